The van der Waals surface area contributed by atoms with Crippen LogP contribution in [0.25, 0.3) is 0 Å². The molecule has 0 aliphatic rings. The van der Waals surface area contributed by atoms with E-state index in [1.165, 1.54) is 0 Å². The van der Waals surface area contributed by atoms with Crippen LogP contribution in [0.15, 0.2) is 0 Å². The van der Waals surface area contributed by atoms with Crippen molar-refractivity contribution in [3.8, 4) is 0 Å². The second-order valence-corrected chi connectivity index (χ2v) is 8.10. The monoisotopic (exact) mass is 151 g/mol. The standard InChI is InChI=1S/C5H14ClNSi/c1-8(2,3)7-5-4-6/h7H,4-5H2,1-3H3. The number of alkyl halides is 1. The highest BCUT2D eigenvalue weighted by Gasteiger charge is 2.09. The number of halogens is 1. The molecule has 1 N–H and O–H groups in total. The van der Waals surface area contributed by atoms with Gasteiger partial charge in [0, 0.05) is 12.4 Å². The van der Waals surface area contributed by atoms with Gasteiger partial charge in [0.15, 0.2) is 0 Å². The Morgan fingerprint density at radius 1 is 1.38 bits per heavy atom. The van der Waals surface area contributed by atoms with Crippen molar-refractivity contribution in [1.82, 2.24) is 4.98 Å². The molecular formula is C5H14ClNSi. The van der Waals surface area contributed by atoms with Gasteiger partial charge in [-0.25, -0.2) is 0 Å². The van der Waals surface area contributed by atoms with Gasteiger partial charge in [0.25, 0.3) is 0 Å². The van der Waals surface area contributed by atoms with Crippen LogP contribution < -0.4 is 4.98 Å². The van der Waals surface area contributed by atoms with Gasteiger partial charge in [-0.1, -0.05) is 19.6 Å². The molecule has 3 heteroatoms. The van der Waals surface area contributed by atoms with Crippen LogP contribution in [0.1, 0.15) is 0 Å². The van der Waals surface area contributed by atoms with Crippen LogP contribution in [0, 0.1) is 0 Å². The first kappa shape index (κ1) is 8.47. The Labute approximate surface area is 57.5 Å². The van der Waals surface area contributed by atoms with E-state index >= 15 is 0 Å². The minimum Gasteiger partial charge on any atom is -0.336 e. The second-order valence-electron chi connectivity index (χ2n) is 2.87. The SMILES string of the molecule is C[Si](C)(C)NCCCl. The summed E-state index contributed by atoms with van der Waals surface area (Å²) in [6.45, 7) is 7.75. The fraction of sp³-hybridized carbons (Fsp3) is 1.00. The van der Waals surface area contributed by atoms with Crippen LogP contribution in [0.3, 0.4) is 0 Å². The Morgan fingerprint density at radius 3 is 2.00 bits per heavy atom. The highest BCUT2D eigenvalue weighted by molar-refractivity contribution is 6.73. The van der Waals surface area contributed by atoms with Crippen LogP contribution >= 0.6 is 11.6 Å². The van der Waals surface area contributed by atoms with Crippen molar-refractivity contribution in [2.45, 2.75) is 19.6 Å². The van der Waals surface area contributed by atoms with Gasteiger partial charge in [0.2, 0.25) is 0 Å². The lowest BCUT2D eigenvalue weighted by atomic mass is 10.8. The minimum absolute atomic E-state index is 0.726. The van der Waals surface area contributed by atoms with Crippen molar-refractivity contribution in [2.24, 2.45) is 0 Å². The van der Waals surface area contributed by atoms with Gasteiger partial charge in [-0.15, -0.1) is 11.6 Å². The summed E-state index contributed by atoms with van der Waals surface area (Å²) < 4.78 is 0. The zero-order valence-electron chi connectivity index (χ0n) is 5.79. The maximum Gasteiger partial charge on any atom is 0.116 e. The van der Waals surface area contributed by atoms with Gasteiger partial charge < -0.3 is 4.98 Å². The van der Waals surface area contributed by atoms with Crippen LogP contribution in [0.5, 0.6) is 0 Å². The normalized spacial score (nSPS) is 12.0. The summed E-state index contributed by atoms with van der Waals surface area (Å²) in [5.41, 5.74) is 0. The van der Waals surface area contributed by atoms with Gasteiger partial charge in [-0.2, -0.15) is 0 Å². The molecule has 0 aromatic carbocycles. The molecule has 0 radical (unpaired) electrons. The third-order valence-corrected chi connectivity index (χ3v) is 2.25. The van der Waals surface area contributed by atoms with E-state index in [-0.39, 0.29) is 0 Å². The van der Waals surface area contributed by atoms with E-state index in [1.807, 2.05) is 0 Å². The Kier molecular flexibility index (Phi) is 3.69. The van der Waals surface area contributed by atoms with Crippen LogP contribution in [-0.4, -0.2) is 20.7 Å². The van der Waals surface area contributed by atoms with Gasteiger partial charge in [-0.05, 0) is 0 Å². The molecule has 8 heavy (non-hydrogen) atoms. The molecular weight excluding hydrogens is 138 g/mol. The molecule has 0 aromatic heterocycles. The lowest BCUT2D eigenvalue weighted by molar-refractivity contribution is 0.973. The molecule has 0 amide bonds. The lowest BCUT2D eigenvalue weighted by Gasteiger charge is -2.16. The van der Waals surface area contributed by atoms with Gasteiger partial charge >= 0.3 is 0 Å². The summed E-state index contributed by atoms with van der Waals surface area (Å²) in [4.78, 5) is 3.38. The fourth-order valence-corrected chi connectivity index (χ4v) is 1.55. The van der Waals surface area contributed by atoms with Gasteiger partial charge in [0.05, 0.1) is 0 Å². The molecule has 0 rings (SSSR count). The molecule has 0 aromatic rings. The van der Waals surface area contributed by atoms with Gasteiger partial charge in [-0.3, -0.25) is 0 Å². The smallest absolute Gasteiger partial charge is 0.116 e. The van der Waals surface area contributed by atoms with E-state index in [2.05, 4.69) is 24.6 Å². The predicted octanol–water partition coefficient (Wildman–Crippen LogP) is 1.65. The van der Waals surface area contributed by atoms with E-state index < -0.39 is 8.24 Å². The predicted molar refractivity (Wildman–Crippen MR) is 42.1 cm³/mol. The maximum absolute atomic E-state index is 5.47. The molecule has 0 unspecified atom stereocenters. The van der Waals surface area contributed by atoms with E-state index in [1.54, 1.807) is 0 Å². The van der Waals surface area contributed by atoms with Crippen molar-refractivity contribution < 1.29 is 0 Å². The lowest BCUT2D eigenvalue weighted by Crippen LogP contribution is -2.42. The molecule has 0 aliphatic heterocycles. The number of nitrogens with one attached hydrogen (secondary N) is 1. The van der Waals surface area contributed by atoms with Crippen molar-refractivity contribution in [3.05, 3.63) is 0 Å². The maximum atomic E-state index is 5.47. The van der Waals surface area contributed by atoms with Crippen molar-refractivity contribution in [3.63, 3.8) is 0 Å². The van der Waals surface area contributed by atoms with E-state index in [0.717, 1.165) is 12.4 Å². The van der Waals surface area contributed by atoms with Gasteiger partial charge in [0.1, 0.15) is 8.24 Å². The molecule has 0 aliphatic carbocycles. The first-order valence-corrected chi connectivity index (χ1v) is 6.91. The highest BCUT2D eigenvalue weighted by atomic mass is 35.5. The molecule has 50 valence electrons. The van der Waals surface area contributed by atoms with Crippen LogP contribution in [0.2, 0.25) is 19.6 Å². The molecule has 0 spiro atoms. The zero-order chi connectivity index (χ0) is 6.62. The van der Waals surface area contributed by atoms with Crippen LogP contribution in [-0.2, 0) is 0 Å². The summed E-state index contributed by atoms with van der Waals surface area (Å²) in [7, 11) is -1.01. The summed E-state index contributed by atoms with van der Waals surface area (Å²) in [5, 5.41) is 0. The quantitative estimate of drug-likeness (QED) is 0.478. The summed E-state index contributed by atoms with van der Waals surface area (Å²) in [6.07, 6.45) is 0. The summed E-state index contributed by atoms with van der Waals surface area (Å²) in [6, 6.07) is 0. The van der Waals surface area contributed by atoms with Crippen molar-refractivity contribution >= 4 is 19.8 Å². The Hall–Kier alpha value is 0.467. The Bertz CT molecular complexity index is 59.9. The minimum atomic E-state index is -1.01. The zero-order valence-corrected chi connectivity index (χ0v) is 7.55. The third kappa shape index (κ3) is 6.47. The highest BCUT2D eigenvalue weighted by Crippen LogP contribution is 1.92. The molecule has 0 saturated heterocycles. The molecule has 0 bridgehead atoms. The fourth-order valence-electron chi connectivity index (χ4n) is 0.422. The van der Waals surface area contributed by atoms with E-state index in [0.29, 0.717) is 0 Å². The largest absolute Gasteiger partial charge is 0.336 e. The molecule has 0 atom stereocenters. The van der Waals surface area contributed by atoms with Crippen molar-refractivity contribution in [2.75, 3.05) is 12.4 Å². The van der Waals surface area contributed by atoms with E-state index in [4.69, 9.17) is 11.6 Å². The molecule has 1 nitrogen and oxygen atoms in total. The Morgan fingerprint density at radius 2 is 1.88 bits per heavy atom. The number of hydrogen-bond acceptors (Lipinski definition) is 1. The topological polar surface area (TPSA) is 12.0 Å². The number of hydrogen-bond donors (Lipinski definition) is 1. The average Bonchev–Trinajstić information content (AvgIpc) is 1.59. The third-order valence-electron chi connectivity index (χ3n) is 0.750. The average molecular weight is 152 g/mol. The second kappa shape index (κ2) is 3.48. The first-order valence-electron chi connectivity index (χ1n) is 2.87. The molecule has 0 fully saturated rings. The van der Waals surface area contributed by atoms with Crippen LogP contribution in [0.4, 0.5) is 0 Å². The summed E-state index contributed by atoms with van der Waals surface area (Å²) in [5.74, 6) is 0.726. The molecule has 0 saturated carbocycles. The molecule has 0 heterocycles. The van der Waals surface area contributed by atoms with Crippen molar-refractivity contribution in [1.29, 1.82) is 0 Å². The summed E-state index contributed by atoms with van der Waals surface area (Å²) >= 11 is 5.47. The Balaban J connectivity index is 3.11. The first-order chi connectivity index (χ1) is 3.56. The van der Waals surface area contributed by atoms with E-state index in [9.17, 15) is 0 Å². The number of rotatable bonds is 3.